The van der Waals surface area contributed by atoms with Crippen LogP contribution in [-0.4, -0.2) is 91.7 Å². The van der Waals surface area contributed by atoms with Gasteiger partial charge in [-0.05, 0) is 36.6 Å². The van der Waals surface area contributed by atoms with Crippen molar-refractivity contribution >= 4 is 17.5 Å². The summed E-state index contributed by atoms with van der Waals surface area (Å²) in [5.74, 6) is 0.932. The third-order valence-corrected chi connectivity index (χ3v) is 6.19. The van der Waals surface area contributed by atoms with Crippen molar-refractivity contribution in [2.45, 2.75) is 25.5 Å². The molecule has 0 bridgehead atoms. The zero-order chi connectivity index (χ0) is 22.3. The lowest BCUT2D eigenvalue weighted by molar-refractivity contribution is -0.134. The predicted molar refractivity (Wildman–Crippen MR) is 126 cm³/mol. The molecule has 2 aromatic rings. The van der Waals surface area contributed by atoms with E-state index in [0.29, 0.717) is 19.6 Å². The Labute approximate surface area is 190 Å². The van der Waals surface area contributed by atoms with Crippen molar-refractivity contribution in [1.29, 1.82) is 0 Å². The summed E-state index contributed by atoms with van der Waals surface area (Å²) in [6, 6.07) is 10.3. The topological polar surface area (TPSA) is 65.0 Å². The van der Waals surface area contributed by atoms with Crippen LogP contribution in [0.3, 0.4) is 0 Å². The van der Waals surface area contributed by atoms with Gasteiger partial charge in [0, 0.05) is 78.1 Å². The van der Waals surface area contributed by atoms with Crippen molar-refractivity contribution < 1.29 is 9.53 Å². The van der Waals surface area contributed by atoms with E-state index in [1.54, 1.807) is 12.4 Å². The zero-order valence-electron chi connectivity index (χ0n) is 19.2. The maximum absolute atomic E-state index is 13.3. The van der Waals surface area contributed by atoms with Crippen molar-refractivity contribution in [2.24, 2.45) is 0 Å². The highest BCUT2D eigenvalue weighted by Crippen LogP contribution is 2.18. The monoisotopic (exact) mass is 438 g/mol. The Hall–Kier alpha value is -2.71. The smallest absolute Gasteiger partial charge is 0.237 e. The molecule has 8 heteroatoms. The number of carbonyl (C=O) groups excluding carboxylic acids is 1. The number of anilines is 2. The van der Waals surface area contributed by atoms with Gasteiger partial charge in [0.1, 0.15) is 0 Å². The largest absolute Gasteiger partial charge is 0.378 e. The van der Waals surface area contributed by atoms with Gasteiger partial charge in [-0.2, -0.15) is 0 Å². The number of nitrogens with zero attached hydrogens (tertiary/aromatic N) is 6. The normalized spacial score (nSPS) is 19.2. The van der Waals surface area contributed by atoms with E-state index in [1.807, 2.05) is 25.1 Å². The second-order valence-electron chi connectivity index (χ2n) is 8.78. The maximum Gasteiger partial charge on any atom is 0.237 e. The molecule has 32 heavy (non-hydrogen) atoms. The summed E-state index contributed by atoms with van der Waals surface area (Å²) < 4.78 is 5.84. The molecule has 3 heterocycles. The van der Waals surface area contributed by atoms with Crippen LogP contribution in [0.5, 0.6) is 0 Å². The molecule has 8 nitrogen and oxygen atoms in total. The van der Waals surface area contributed by atoms with Crippen LogP contribution < -0.4 is 9.80 Å². The van der Waals surface area contributed by atoms with Crippen molar-refractivity contribution in [3.05, 3.63) is 48.3 Å². The molecule has 0 N–H and O–H groups in total. The van der Waals surface area contributed by atoms with Crippen LogP contribution in [0.1, 0.15) is 18.4 Å². The number of amides is 1. The van der Waals surface area contributed by atoms with Gasteiger partial charge < -0.3 is 19.4 Å². The van der Waals surface area contributed by atoms with Gasteiger partial charge in [0.2, 0.25) is 11.9 Å². The van der Waals surface area contributed by atoms with Crippen molar-refractivity contribution in [3.8, 4) is 0 Å². The van der Waals surface area contributed by atoms with Gasteiger partial charge >= 0.3 is 0 Å². The molecule has 0 aliphatic carbocycles. The summed E-state index contributed by atoms with van der Waals surface area (Å²) in [5, 5.41) is 0. The van der Waals surface area contributed by atoms with Crippen LogP contribution in [-0.2, 0) is 16.1 Å². The number of aromatic nitrogens is 2. The maximum atomic E-state index is 13.3. The fourth-order valence-corrected chi connectivity index (χ4v) is 4.26. The summed E-state index contributed by atoms with van der Waals surface area (Å²) in [7, 11) is 4.07. The molecule has 1 aromatic carbocycles. The molecule has 1 atom stereocenters. The van der Waals surface area contributed by atoms with Crippen LogP contribution in [0, 0.1) is 0 Å². The second-order valence-corrected chi connectivity index (χ2v) is 8.78. The van der Waals surface area contributed by atoms with Crippen LogP contribution in [0.15, 0.2) is 42.7 Å². The molecular weight excluding hydrogens is 404 g/mol. The minimum atomic E-state index is 0.145. The van der Waals surface area contributed by atoms with E-state index in [1.165, 1.54) is 0 Å². The molecule has 2 fully saturated rings. The van der Waals surface area contributed by atoms with Gasteiger partial charge in [0.05, 0.1) is 12.6 Å². The molecule has 2 aliphatic rings. The highest BCUT2D eigenvalue weighted by molar-refractivity contribution is 5.78. The van der Waals surface area contributed by atoms with Gasteiger partial charge in [-0.15, -0.1) is 0 Å². The average Bonchev–Trinajstić information content (AvgIpc) is 3.33. The fraction of sp³-hybridized carbons (Fsp3) is 0.542. The van der Waals surface area contributed by atoms with Crippen LogP contribution >= 0.6 is 0 Å². The Morgan fingerprint density at radius 1 is 1.09 bits per heavy atom. The number of benzene rings is 1. The SMILES string of the molecule is CN(C)c1ccc(CN(CC2CCCO2)C(=O)CN2CCN(c3ncccn3)CC2)cc1. The molecule has 0 saturated carbocycles. The number of rotatable bonds is 8. The minimum Gasteiger partial charge on any atom is -0.378 e. The highest BCUT2D eigenvalue weighted by Gasteiger charge is 2.26. The van der Waals surface area contributed by atoms with E-state index in [2.05, 4.69) is 48.9 Å². The molecular formula is C24H34N6O2. The summed E-state index contributed by atoms with van der Waals surface area (Å²) >= 11 is 0. The zero-order valence-corrected chi connectivity index (χ0v) is 19.2. The minimum absolute atomic E-state index is 0.145. The summed E-state index contributed by atoms with van der Waals surface area (Å²) in [5.41, 5.74) is 2.30. The molecule has 0 radical (unpaired) electrons. The number of carbonyl (C=O) groups is 1. The van der Waals surface area contributed by atoms with Gasteiger partial charge in [-0.25, -0.2) is 9.97 Å². The first-order chi connectivity index (χ1) is 15.6. The van der Waals surface area contributed by atoms with E-state index < -0.39 is 0 Å². The average molecular weight is 439 g/mol. The number of piperazine rings is 1. The lowest BCUT2D eigenvalue weighted by Crippen LogP contribution is -2.51. The van der Waals surface area contributed by atoms with Crippen molar-refractivity contribution in [2.75, 3.05) is 69.8 Å². The Balaban J connectivity index is 1.35. The molecule has 172 valence electrons. The summed E-state index contributed by atoms with van der Waals surface area (Å²) in [6.45, 7) is 5.82. The van der Waals surface area contributed by atoms with Gasteiger partial charge in [-0.1, -0.05) is 12.1 Å². The molecule has 1 aromatic heterocycles. The van der Waals surface area contributed by atoms with E-state index >= 15 is 0 Å². The summed E-state index contributed by atoms with van der Waals surface area (Å²) in [6.07, 6.45) is 5.79. The van der Waals surface area contributed by atoms with Crippen LogP contribution in [0.25, 0.3) is 0 Å². The highest BCUT2D eigenvalue weighted by atomic mass is 16.5. The quantitative estimate of drug-likeness (QED) is 0.623. The first kappa shape index (κ1) is 22.5. The standard InChI is InChI=1S/C24H34N6O2/c1-27(2)21-8-6-20(7-9-21)17-30(18-22-5-3-16-32-22)23(31)19-28-12-14-29(15-13-28)24-25-10-4-11-26-24/h4,6-11,22H,3,5,12-19H2,1-2H3. The van der Waals surface area contributed by atoms with E-state index in [0.717, 1.165) is 62.8 Å². The molecule has 1 amide bonds. The molecule has 1 unspecified atom stereocenters. The van der Waals surface area contributed by atoms with Gasteiger partial charge in [-0.3, -0.25) is 9.69 Å². The number of hydrogen-bond acceptors (Lipinski definition) is 7. The third-order valence-electron chi connectivity index (χ3n) is 6.19. The van der Waals surface area contributed by atoms with Crippen molar-refractivity contribution in [1.82, 2.24) is 19.8 Å². The van der Waals surface area contributed by atoms with Crippen LogP contribution in [0.2, 0.25) is 0 Å². The number of hydrogen-bond donors (Lipinski definition) is 0. The van der Waals surface area contributed by atoms with E-state index in [9.17, 15) is 4.79 Å². The fourth-order valence-electron chi connectivity index (χ4n) is 4.26. The summed E-state index contributed by atoms with van der Waals surface area (Å²) in [4.78, 5) is 30.5. The van der Waals surface area contributed by atoms with Crippen molar-refractivity contribution in [3.63, 3.8) is 0 Å². The molecule has 2 aliphatic heterocycles. The number of ether oxygens (including phenoxy) is 1. The van der Waals surface area contributed by atoms with Gasteiger partial charge in [0.15, 0.2) is 0 Å². The Morgan fingerprint density at radius 3 is 2.44 bits per heavy atom. The predicted octanol–water partition coefficient (Wildman–Crippen LogP) is 1.87. The first-order valence-electron chi connectivity index (χ1n) is 11.5. The van der Waals surface area contributed by atoms with E-state index in [-0.39, 0.29) is 12.0 Å². The molecule has 4 rings (SSSR count). The lowest BCUT2D eigenvalue weighted by atomic mass is 10.1. The third kappa shape index (κ3) is 5.95. The van der Waals surface area contributed by atoms with E-state index in [4.69, 9.17) is 4.74 Å². The Kier molecular flexibility index (Phi) is 7.55. The van der Waals surface area contributed by atoms with Crippen LogP contribution in [0.4, 0.5) is 11.6 Å². The Morgan fingerprint density at radius 2 is 1.81 bits per heavy atom. The first-order valence-corrected chi connectivity index (χ1v) is 11.5. The van der Waals surface area contributed by atoms with Gasteiger partial charge in [0.25, 0.3) is 0 Å². The second kappa shape index (κ2) is 10.7. The molecule has 0 spiro atoms. The molecule has 2 saturated heterocycles. The Bertz CT molecular complexity index is 847. The lowest BCUT2D eigenvalue weighted by Gasteiger charge is -2.35.